The van der Waals surface area contributed by atoms with Gasteiger partial charge in [-0.2, -0.15) is 13.2 Å². The number of hydrogen-bond donors (Lipinski definition) is 2. The number of halogens is 4. The van der Waals surface area contributed by atoms with E-state index in [4.69, 9.17) is 0 Å². The van der Waals surface area contributed by atoms with Crippen LogP contribution in [-0.4, -0.2) is 31.2 Å². The Labute approximate surface area is 134 Å². The molecule has 1 aliphatic heterocycles. The van der Waals surface area contributed by atoms with Crippen molar-refractivity contribution in [1.82, 2.24) is 10.6 Å². The van der Waals surface area contributed by atoms with Gasteiger partial charge in [-0.1, -0.05) is 30.3 Å². The predicted octanol–water partition coefficient (Wildman–Crippen LogP) is 2.70. The van der Waals surface area contributed by atoms with Gasteiger partial charge in [-0.15, -0.1) is 12.4 Å². The highest BCUT2D eigenvalue weighted by atomic mass is 35.5. The summed E-state index contributed by atoms with van der Waals surface area (Å²) < 4.78 is 39.3. The number of amides is 1. The van der Waals surface area contributed by atoms with Gasteiger partial charge in [0.15, 0.2) is 0 Å². The first-order valence-electron chi connectivity index (χ1n) is 7.08. The Morgan fingerprint density at radius 1 is 1.23 bits per heavy atom. The number of rotatable bonds is 4. The standard InChI is InChI=1S/C15H19F3N2O.ClH/c16-15(17,18)13(10-11-4-2-1-3-5-11)20-14(21)12-6-8-19-9-7-12;/h1-5,12-13,19H,6-10H2,(H,20,21);1H. The third-order valence-electron chi connectivity index (χ3n) is 3.70. The van der Waals surface area contributed by atoms with Crippen molar-refractivity contribution in [2.45, 2.75) is 31.5 Å². The van der Waals surface area contributed by atoms with E-state index in [1.165, 1.54) is 0 Å². The number of hydrogen-bond acceptors (Lipinski definition) is 2. The van der Waals surface area contributed by atoms with Gasteiger partial charge in [-0.05, 0) is 31.5 Å². The van der Waals surface area contributed by atoms with E-state index in [1.54, 1.807) is 30.3 Å². The maximum atomic E-state index is 13.1. The van der Waals surface area contributed by atoms with E-state index < -0.39 is 18.1 Å². The summed E-state index contributed by atoms with van der Waals surface area (Å²) in [5.41, 5.74) is 0.561. The largest absolute Gasteiger partial charge is 0.408 e. The van der Waals surface area contributed by atoms with Crippen molar-refractivity contribution in [3.05, 3.63) is 35.9 Å². The molecule has 124 valence electrons. The van der Waals surface area contributed by atoms with Crippen molar-refractivity contribution >= 4 is 18.3 Å². The molecule has 0 radical (unpaired) electrons. The molecule has 0 aliphatic carbocycles. The van der Waals surface area contributed by atoms with Crippen LogP contribution in [-0.2, 0) is 11.2 Å². The summed E-state index contributed by atoms with van der Waals surface area (Å²) in [5, 5.41) is 5.27. The maximum absolute atomic E-state index is 13.1. The maximum Gasteiger partial charge on any atom is 0.408 e. The van der Waals surface area contributed by atoms with E-state index in [9.17, 15) is 18.0 Å². The van der Waals surface area contributed by atoms with E-state index in [0.29, 0.717) is 31.5 Å². The second-order valence-electron chi connectivity index (χ2n) is 5.32. The molecule has 0 saturated carbocycles. The summed E-state index contributed by atoms with van der Waals surface area (Å²) in [6, 6.07) is 6.57. The van der Waals surface area contributed by atoms with Gasteiger partial charge in [0.2, 0.25) is 5.91 Å². The third-order valence-corrected chi connectivity index (χ3v) is 3.70. The van der Waals surface area contributed by atoms with Gasteiger partial charge in [0.05, 0.1) is 0 Å². The number of piperidine rings is 1. The fourth-order valence-electron chi connectivity index (χ4n) is 2.47. The molecule has 1 atom stereocenters. The van der Waals surface area contributed by atoms with Crippen LogP contribution in [0.3, 0.4) is 0 Å². The molecule has 2 N–H and O–H groups in total. The molecular formula is C15H20ClF3N2O. The van der Waals surface area contributed by atoms with Gasteiger partial charge in [0.1, 0.15) is 6.04 Å². The highest BCUT2D eigenvalue weighted by Gasteiger charge is 2.41. The topological polar surface area (TPSA) is 41.1 Å². The van der Waals surface area contributed by atoms with Crippen molar-refractivity contribution in [1.29, 1.82) is 0 Å². The van der Waals surface area contributed by atoms with Crippen LogP contribution in [0.5, 0.6) is 0 Å². The second-order valence-corrected chi connectivity index (χ2v) is 5.32. The zero-order valence-electron chi connectivity index (χ0n) is 12.0. The second kappa shape index (κ2) is 8.39. The summed E-state index contributed by atoms with van der Waals surface area (Å²) in [5.74, 6) is -0.818. The predicted molar refractivity (Wildman–Crippen MR) is 81.0 cm³/mol. The normalized spacial score (nSPS) is 17.4. The van der Waals surface area contributed by atoms with Gasteiger partial charge in [-0.3, -0.25) is 4.79 Å². The van der Waals surface area contributed by atoms with Gasteiger partial charge in [-0.25, -0.2) is 0 Å². The molecule has 1 aliphatic rings. The van der Waals surface area contributed by atoms with Gasteiger partial charge in [0.25, 0.3) is 0 Å². The molecule has 1 aromatic carbocycles. The van der Waals surface area contributed by atoms with Crippen LogP contribution in [0.15, 0.2) is 30.3 Å². The van der Waals surface area contributed by atoms with E-state index in [-0.39, 0.29) is 24.7 Å². The van der Waals surface area contributed by atoms with Crippen molar-refractivity contribution in [2.75, 3.05) is 13.1 Å². The molecule has 1 fully saturated rings. The first kappa shape index (κ1) is 18.8. The molecule has 1 heterocycles. The van der Waals surface area contributed by atoms with Crippen LogP contribution in [0.4, 0.5) is 13.2 Å². The lowest BCUT2D eigenvalue weighted by Gasteiger charge is -2.26. The van der Waals surface area contributed by atoms with Crippen molar-refractivity contribution < 1.29 is 18.0 Å². The Bertz CT molecular complexity index is 462. The molecular weight excluding hydrogens is 317 g/mol. The number of nitrogens with one attached hydrogen (secondary N) is 2. The Hall–Kier alpha value is -1.27. The van der Waals surface area contributed by atoms with Gasteiger partial charge >= 0.3 is 6.18 Å². The minimum atomic E-state index is -4.45. The van der Waals surface area contributed by atoms with Crippen LogP contribution in [0.2, 0.25) is 0 Å². The molecule has 2 rings (SSSR count). The van der Waals surface area contributed by atoms with E-state index in [0.717, 1.165) is 0 Å². The Balaban J connectivity index is 0.00000242. The Morgan fingerprint density at radius 2 is 1.82 bits per heavy atom. The smallest absolute Gasteiger partial charge is 0.344 e. The lowest BCUT2D eigenvalue weighted by molar-refractivity contribution is -0.163. The quantitative estimate of drug-likeness (QED) is 0.887. The lowest BCUT2D eigenvalue weighted by Crippen LogP contribution is -2.50. The van der Waals surface area contributed by atoms with Crippen LogP contribution >= 0.6 is 12.4 Å². The average Bonchev–Trinajstić information content (AvgIpc) is 2.47. The monoisotopic (exact) mass is 336 g/mol. The Morgan fingerprint density at radius 3 is 2.36 bits per heavy atom. The fraction of sp³-hybridized carbons (Fsp3) is 0.533. The van der Waals surface area contributed by atoms with Crippen LogP contribution in [0.25, 0.3) is 0 Å². The molecule has 1 saturated heterocycles. The molecule has 0 aromatic heterocycles. The minimum absolute atomic E-state index is 0. The lowest BCUT2D eigenvalue weighted by atomic mass is 9.96. The SMILES string of the molecule is Cl.O=C(NC(Cc1ccccc1)C(F)(F)F)C1CCNCC1. The van der Waals surface area contributed by atoms with Crippen molar-refractivity contribution in [3.8, 4) is 0 Å². The van der Waals surface area contributed by atoms with E-state index in [1.807, 2.05) is 0 Å². The fourth-order valence-corrected chi connectivity index (χ4v) is 2.47. The first-order valence-corrected chi connectivity index (χ1v) is 7.08. The van der Waals surface area contributed by atoms with Crippen molar-refractivity contribution in [2.24, 2.45) is 5.92 Å². The summed E-state index contributed by atoms with van der Waals surface area (Å²) in [7, 11) is 0. The molecule has 1 aromatic rings. The summed E-state index contributed by atoms with van der Waals surface area (Å²) in [4.78, 5) is 12.0. The third kappa shape index (κ3) is 5.50. The van der Waals surface area contributed by atoms with Crippen LogP contribution in [0.1, 0.15) is 18.4 Å². The zero-order chi connectivity index (χ0) is 15.3. The molecule has 1 unspecified atom stereocenters. The number of carbonyl (C=O) groups excluding carboxylic acids is 1. The minimum Gasteiger partial charge on any atom is -0.344 e. The number of benzene rings is 1. The van der Waals surface area contributed by atoms with E-state index >= 15 is 0 Å². The molecule has 0 bridgehead atoms. The first-order chi connectivity index (χ1) is 9.97. The zero-order valence-corrected chi connectivity index (χ0v) is 12.8. The van der Waals surface area contributed by atoms with Crippen LogP contribution < -0.4 is 10.6 Å². The van der Waals surface area contributed by atoms with Crippen molar-refractivity contribution in [3.63, 3.8) is 0 Å². The summed E-state index contributed by atoms with van der Waals surface area (Å²) in [6.45, 7) is 1.35. The number of alkyl halides is 3. The Kier molecular flexibility index (Phi) is 7.16. The average molecular weight is 337 g/mol. The molecule has 1 amide bonds. The highest BCUT2D eigenvalue weighted by molar-refractivity contribution is 5.85. The summed E-state index contributed by atoms with van der Waals surface area (Å²) in [6.07, 6.45) is -3.51. The molecule has 0 spiro atoms. The number of carbonyl (C=O) groups is 1. The molecule has 22 heavy (non-hydrogen) atoms. The van der Waals surface area contributed by atoms with E-state index in [2.05, 4.69) is 10.6 Å². The molecule has 7 heteroatoms. The summed E-state index contributed by atoms with van der Waals surface area (Å²) >= 11 is 0. The van der Waals surface area contributed by atoms with Gasteiger partial charge < -0.3 is 10.6 Å². The van der Waals surface area contributed by atoms with Gasteiger partial charge in [0, 0.05) is 12.3 Å². The highest BCUT2D eigenvalue weighted by Crippen LogP contribution is 2.24. The molecule has 3 nitrogen and oxygen atoms in total. The van der Waals surface area contributed by atoms with Crippen LogP contribution in [0, 0.1) is 5.92 Å².